The molecule has 0 spiro atoms. The van der Waals surface area contributed by atoms with Crippen molar-refractivity contribution in [2.75, 3.05) is 13.2 Å². The predicted molar refractivity (Wildman–Crippen MR) is 303 cm³/mol. The van der Waals surface area contributed by atoms with Crippen molar-refractivity contribution in [3.8, 4) is 0 Å². The second-order valence-electron chi connectivity index (χ2n) is 20.2. The summed E-state index contributed by atoms with van der Waals surface area (Å²) in [6.45, 7) is 5.82. The van der Waals surface area contributed by atoms with Crippen LogP contribution in [0.15, 0.2) is 72.9 Å². The maximum absolute atomic E-state index is 13.1. The Hall–Kier alpha value is -3.84. The third kappa shape index (κ3) is 41.0. The molecule has 0 aromatic rings. The number of ether oxygens (including phenoxy) is 5. The number of rotatable bonds is 50. The van der Waals surface area contributed by atoms with Gasteiger partial charge in [0, 0.05) is 19.3 Å². The highest BCUT2D eigenvalue weighted by Gasteiger charge is 2.50. The van der Waals surface area contributed by atoms with E-state index in [9.17, 15) is 34.5 Å². The lowest BCUT2D eigenvalue weighted by molar-refractivity contribution is -0.301. The van der Waals surface area contributed by atoms with Crippen LogP contribution >= 0.6 is 0 Å². The van der Waals surface area contributed by atoms with Gasteiger partial charge in [0.1, 0.15) is 18.8 Å². The number of carboxylic acids is 1. The van der Waals surface area contributed by atoms with Crippen LogP contribution in [0, 0.1) is 0 Å². The second-order valence-corrected chi connectivity index (χ2v) is 20.2. The summed E-state index contributed by atoms with van der Waals surface area (Å²) in [6.07, 6.45) is 51.5. The fourth-order valence-corrected chi connectivity index (χ4v) is 8.64. The van der Waals surface area contributed by atoms with Gasteiger partial charge in [-0.25, -0.2) is 4.79 Å². The highest BCUT2D eigenvalue weighted by molar-refractivity contribution is 5.74. The average Bonchev–Trinajstić information content (AvgIpc) is 3.39. The number of aliphatic hydroxyl groups excluding tert-OH is 2. The van der Waals surface area contributed by atoms with Gasteiger partial charge in [-0.1, -0.05) is 196 Å². The van der Waals surface area contributed by atoms with Crippen LogP contribution in [-0.2, 0) is 42.9 Å². The molecule has 75 heavy (non-hydrogen) atoms. The molecular formula is C63H106O12. The number of carboxylic acid groups (broad SMARTS) is 1. The van der Waals surface area contributed by atoms with Gasteiger partial charge in [0.05, 0.1) is 6.61 Å². The Balaban J connectivity index is 2.70. The van der Waals surface area contributed by atoms with Gasteiger partial charge in [-0.15, -0.1) is 0 Å². The third-order valence-electron chi connectivity index (χ3n) is 13.2. The standard InChI is InChI=1S/C63H106O12/c1-4-7-10-13-16-19-22-25-27-28-30-33-36-39-42-45-48-51-57(66)74-61-59(68)58(67)60(62(69)70)75-63(61)72-53-54(73-56(65)50-47-44-41-38-35-31-24-21-18-15-12-9-6-3)52-71-55(64)49-46-43-40-37-34-32-29-26-23-20-17-14-11-8-5-2/h8,11,16-17,19-21,24-27,29,54,58-61,63,67-68H,4-7,9-10,12-15,18,22-23,28,30-53H2,1-3H3,(H,69,70)/b11-8-,19-16-,20-17-,24-21-,27-25-,29-26-. The lowest BCUT2D eigenvalue weighted by atomic mass is 9.98. The zero-order chi connectivity index (χ0) is 54.7. The van der Waals surface area contributed by atoms with Gasteiger partial charge in [-0.2, -0.15) is 0 Å². The zero-order valence-corrected chi connectivity index (χ0v) is 47.3. The number of carbonyl (C=O) groups excluding carboxylic acids is 3. The third-order valence-corrected chi connectivity index (χ3v) is 13.2. The summed E-state index contributed by atoms with van der Waals surface area (Å²) >= 11 is 0. The fraction of sp³-hybridized carbons (Fsp3) is 0.746. The lowest BCUT2D eigenvalue weighted by Crippen LogP contribution is -2.61. The number of hydrogen-bond donors (Lipinski definition) is 3. The minimum atomic E-state index is -1.91. The molecule has 6 unspecified atom stereocenters. The van der Waals surface area contributed by atoms with Crippen molar-refractivity contribution in [3.05, 3.63) is 72.9 Å². The molecule has 1 aliphatic rings. The molecule has 1 heterocycles. The molecule has 0 aromatic carbocycles. The molecule has 430 valence electrons. The average molecular weight is 1060 g/mol. The van der Waals surface area contributed by atoms with Gasteiger partial charge in [0.2, 0.25) is 0 Å². The van der Waals surface area contributed by atoms with Gasteiger partial charge in [-0.3, -0.25) is 14.4 Å². The first kappa shape index (κ1) is 69.2. The smallest absolute Gasteiger partial charge is 0.335 e. The van der Waals surface area contributed by atoms with Gasteiger partial charge in [-0.05, 0) is 109 Å². The summed E-state index contributed by atoms with van der Waals surface area (Å²) in [5.74, 6) is -3.16. The summed E-state index contributed by atoms with van der Waals surface area (Å²) < 4.78 is 28.4. The molecule has 1 aliphatic heterocycles. The first-order valence-corrected chi connectivity index (χ1v) is 29.9. The molecule has 12 heteroatoms. The molecule has 0 radical (unpaired) electrons. The van der Waals surface area contributed by atoms with Crippen molar-refractivity contribution in [3.63, 3.8) is 0 Å². The fourth-order valence-electron chi connectivity index (χ4n) is 8.64. The highest BCUT2D eigenvalue weighted by Crippen LogP contribution is 2.26. The quantitative estimate of drug-likeness (QED) is 0.0228. The van der Waals surface area contributed by atoms with Gasteiger partial charge in [0.25, 0.3) is 0 Å². The van der Waals surface area contributed by atoms with E-state index in [0.29, 0.717) is 19.3 Å². The normalized spacial score (nSPS) is 18.7. The summed E-state index contributed by atoms with van der Waals surface area (Å²) in [4.78, 5) is 51.1. The number of hydrogen-bond acceptors (Lipinski definition) is 11. The molecule has 0 saturated carbocycles. The minimum Gasteiger partial charge on any atom is -0.479 e. The molecule has 3 N–H and O–H groups in total. The Morgan fingerprint density at radius 1 is 0.453 bits per heavy atom. The van der Waals surface area contributed by atoms with E-state index in [1.807, 2.05) is 0 Å². The summed E-state index contributed by atoms with van der Waals surface area (Å²) in [5, 5.41) is 31.5. The van der Waals surface area contributed by atoms with Crippen LogP contribution in [0.25, 0.3) is 0 Å². The number of unbranched alkanes of at least 4 members (excludes halogenated alkanes) is 24. The molecule has 12 nitrogen and oxygen atoms in total. The van der Waals surface area contributed by atoms with Crippen LogP contribution in [0.5, 0.6) is 0 Å². The van der Waals surface area contributed by atoms with E-state index in [1.54, 1.807) is 0 Å². The van der Waals surface area contributed by atoms with Crippen LogP contribution in [0.4, 0.5) is 0 Å². The van der Waals surface area contributed by atoms with Crippen LogP contribution in [0.1, 0.15) is 252 Å². The Morgan fingerprint density at radius 2 is 0.840 bits per heavy atom. The van der Waals surface area contributed by atoms with Crippen molar-refractivity contribution in [1.29, 1.82) is 0 Å². The predicted octanol–water partition coefficient (Wildman–Crippen LogP) is 15.3. The Kier molecular flexibility index (Phi) is 47.0. The summed E-state index contributed by atoms with van der Waals surface area (Å²) in [5.41, 5.74) is 0. The van der Waals surface area contributed by atoms with Crippen LogP contribution in [-0.4, -0.2) is 89.2 Å². The minimum absolute atomic E-state index is 0.0474. The molecule has 6 atom stereocenters. The van der Waals surface area contributed by atoms with Crippen molar-refractivity contribution in [2.45, 2.75) is 289 Å². The lowest BCUT2D eigenvalue weighted by Gasteiger charge is -2.40. The second kappa shape index (κ2) is 50.9. The Bertz CT molecular complexity index is 1580. The van der Waals surface area contributed by atoms with Gasteiger partial charge in [0.15, 0.2) is 24.6 Å². The molecule has 1 saturated heterocycles. The first-order chi connectivity index (χ1) is 36.6. The molecule has 1 fully saturated rings. The number of aliphatic hydroxyl groups is 2. The van der Waals surface area contributed by atoms with Crippen LogP contribution in [0.2, 0.25) is 0 Å². The largest absolute Gasteiger partial charge is 0.479 e. The molecule has 0 bridgehead atoms. The van der Waals surface area contributed by atoms with Crippen molar-refractivity contribution in [1.82, 2.24) is 0 Å². The topological polar surface area (TPSA) is 175 Å². The van der Waals surface area contributed by atoms with Crippen molar-refractivity contribution < 1.29 is 58.2 Å². The Labute approximate surface area is 455 Å². The van der Waals surface area contributed by atoms with Crippen molar-refractivity contribution >= 4 is 23.9 Å². The van der Waals surface area contributed by atoms with E-state index in [0.717, 1.165) is 148 Å². The van der Waals surface area contributed by atoms with Gasteiger partial charge < -0.3 is 39.0 Å². The molecular weight excluding hydrogens is 949 g/mol. The van der Waals surface area contributed by atoms with E-state index < -0.39 is 67.3 Å². The zero-order valence-electron chi connectivity index (χ0n) is 47.3. The van der Waals surface area contributed by atoms with Crippen molar-refractivity contribution in [2.24, 2.45) is 0 Å². The maximum Gasteiger partial charge on any atom is 0.335 e. The van der Waals surface area contributed by atoms with Crippen LogP contribution in [0.3, 0.4) is 0 Å². The monoisotopic (exact) mass is 1050 g/mol. The molecule has 0 aliphatic carbocycles. The maximum atomic E-state index is 13.1. The summed E-state index contributed by atoms with van der Waals surface area (Å²) in [7, 11) is 0. The van der Waals surface area contributed by atoms with E-state index in [4.69, 9.17) is 23.7 Å². The number of carbonyl (C=O) groups is 4. The van der Waals surface area contributed by atoms with E-state index in [2.05, 4.69) is 93.7 Å². The number of allylic oxidation sites excluding steroid dienone is 12. The molecule has 0 amide bonds. The summed E-state index contributed by atoms with van der Waals surface area (Å²) in [6, 6.07) is 0. The number of esters is 3. The SMILES string of the molecule is CC/C=C\C/C=C\C/C=C\CCCCCCCC(=O)OCC(COC1OC(C(=O)O)C(O)C(O)C1OC(=O)CCCCCCCCC/C=C\C/C=C\CCCCC)OC(=O)CCCCCCC/C=C\CCCCCC. The van der Waals surface area contributed by atoms with Crippen LogP contribution < -0.4 is 0 Å². The Morgan fingerprint density at radius 3 is 1.32 bits per heavy atom. The molecule has 1 rings (SSSR count). The van der Waals surface area contributed by atoms with E-state index >= 15 is 0 Å². The highest BCUT2D eigenvalue weighted by atomic mass is 16.7. The first-order valence-electron chi connectivity index (χ1n) is 29.9. The molecule has 0 aromatic heterocycles. The van der Waals surface area contributed by atoms with Gasteiger partial charge >= 0.3 is 23.9 Å². The van der Waals surface area contributed by atoms with E-state index in [-0.39, 0.29) is 25.9 Å². The van der Waals surface area contributed by atoms with E-state index in [1.165, 1.54) is 44.9 Å². The number of aliphatic carboxylic acids is 1.